The number of carbonyl (C=O) groups excluding carboxylic acids is 3. The molecule has 144 valence electrons. The minimum atomic E-state index is -0.379. The zero-order valence-electron chi connectivity index (χ0n) is 15.5. The maximum atomic E-state index is 12.3. The molecule has 1 aliphatic carbocycles. The van der Waals surface area contributed by atoms with E-state index in [1.165, 1.54) is 0 Å². The van der Waals surface area contributed by atoms with Gasteiger partial charge in [0.2, 0.25) is 11.8 Å². The lowest BCUT2D eigenvalue weighted by Gasteiger charge is -2.15. The minimum Gasteiger partial charge on any atom is -0.426 e. The molecule has 0 bridgehead atoms. The molecule has 1 saturated carbocycles. The predicted molar refractivity (Wildman–Crippen MR) is 105 cm³/mol. The van der Waals surface area contributed by atoms with E-state index in [9.17, 15) is 14.4 Å². The second kappa shape index (κ2) is 7.84. The van der Waals surface area contributed by atoms with Crippen LogP contribution in [0.5, 0.6) is 5.75 Å². The molecule has 0 unspecified atom stereocenters. The average Bonchev–Trinajstić information content (AvgIpc) is 3.44. The van der Waals surface area contributed by atoms with Gasteiger partial charge in [-0.1, -0.05) is 18.2 Å². The Balaban J connectivity index is 1.34. The van der Waals surface area contributed by atoms with Crippen LogP contribution in [0.3, 0.4) is 0 Å². The predicted octanol–water partition coefficient (Wildman–Crippen LogP) is 3.31. The Morgan fingerprint density at radius 2 is 1.89 bits per heavy atom. The van der Waals surface area contributed by atoms with E-state index in [-0.39, 0.29) is 30.1 Å². The smallest absolute Gasteiger partial charge is 0.315 e. The van der Waals surface area contributed by atoms with Crippen molar-refractivity contribution in [2.24, 2.45) is 5.92 Å². The van der Waals surface area contributed by atoms with E-state index in [0.29, 0.717) is 17.9 Å². The van der Waals surface area contributed by atoms with Crippen molar-refractivity contribution in [1.82, 2.24) is 0 Å². The van der Waals surface area contributed by atoms with E-state index in [1.807, 2.05) is 24.3 Å². The van der Waals surface area contributed by atoms with Crippen LogP contribution in [0.1, 0.15) is 31.2 Å². The third-order valence-electron chi connectivity index (χ3n) is 4.95. The summed E-state index contributed by atoms with van der Waals surface area (Å²) in [7, 11) is 0. The van der Waals surface area contributed by atoms with E-state index in [4.69, 9.17) is 4.74 Å². The Morgan fingerprint density at radius 1 is 1.11 bits per heavy atom. The zero-order chi connectivity index (χ0) is 19.5. The van der Waals surface area contributed by atoms with Gasteiger partial charge in [-0.2, -0.15) is 0 Å². The number of anilines is 2. The second-order valence-electron chi connectivity index (χ2n) is 7.26. The van der Waals surface area contributed by atoms with Gasteiger partial charge in [0, 0.05) is 36.3 Å². The highest BCUT2D eigenvalue weighted by Gasteiger charge is 2.29. The van der Waals surface area contributed by atoms with Gasteiger partial charge in [0.25, 0.3) is 0 Å². The van der Waals surface area contributed by atoms with Crippen LogP contribution < -0.4 is 15.0 Å². The molecule has 2 amide bonds. The Morgan fingerprint density at radius 3 is 2.57 bits per heavy atom. The highest BCUT2D eigenvalue weighted by atomic mass is 16.5. The lowest BCUT2D eigenvalue weighted by atomic mass is 10.1. The molecular weight excluding hydrogens is 356 g/mol. The summed E-state index contributed by atoms with van der Waals surface area (Å²) in [6, 6.07) is 14.3. The maximum Gasteiger partial charge on any atom is 0.315 e. The van der Waals surface area contributed by atoms with Crippen molar-refractivity contribution >= 4 is 29.2 Å². The van der Waals surface area contributed by atoms with Gasteiger partial charge in [0.15, 0.2) is 0 Å². The molecule has 28 heavy (non-hydrogen) atoms. The molecule has 2 aromatic rings. The lowest BCUT2D eigenvalue weighted by molar-refractivity contribution is -0.133. The van der Waals surface area contributed by atoms with Crippen LogP contribution in [0.15, 0.2) is 48.5 Å². The van der Waals surface area contributed by atoms with Crippen LogP contribution in [0.4, 0.5) is 11.4 Å². The van der Waals surface area contributed by atoms with Gasteiger partial charge in [-0.05, 0) is 49.1 Å². The van der Waals surface area contributed by atoms with Crippen LogP contribution in [-0.2, 0) is 20.8 Å². The highest BCUT2D eigenvalue weighted by molar-refractivity contribution is 5.95. The third kappa shape index (κ3) is 4.39. The van der Waals surface area contributed by atoms with Crippen molar-refractivity contribution < 1.29 is 19.1 Å². The average molecular weight is 378 g/mol. The number of nitrogens with zero attached hydrogens (tertiary/aromatic N) is 1. The number of esters is 1. The van der Waals surface area contributed by atoms with Crippen molar-refractivity contribution in [3.63, 3.8) is 0 Å². The molecule has 2 aromatic carbocycles. The molecule has 6 nitrogen and oxygen atoms in total. The largest absolute Gasteiger partial charge is 0.426 e. The molecule has 1 saturated heterocycles. The van der Waals surface area contributed by atoms with Gasteiger partial charge >= 0.3 is 5.97 Å². The first-order valence-electron chi connectivity index (χ1n) is 9.59. The van der Waals surface area contributed by atoms with Gasteiger partial charge in [0.05, 0.1) is 6.42 Å². The van der Waals surface area contributed by atoms with Gasteiger partial charge < -0.3 is 15.0 Å². The van der Waals surface area contributed by atoms with Crippen LogP contribution >= 0.6 is 0 Å². The number of amides is 2. The molecule has 0 aromatic heterocycles. The second-order valence-corrected chi connectivity index (χ2v) is 7.26. The summed E-state index contributed by atoms with van der Waals surface area (Å²) in [5.74, 6) is 0.291. The summed E-state index contributed by atoms with van der Waals surface area (Å²) in [6.07, 6.45) is 3.48. The first-order chi connectivity index (χ1) is 13.6. The Bertz CT molecular complexity index is 903. The summed E-state index contributed by atoms with van der Waals surface area (Å²) < 4.78 is 5.41. The molecule has 2 aliphatic rings. The molecule has 0 radical (unpaired) electrons. The number of benzene rings is 2. The van der Waals surface area contributed by atoms with Gasteiger partial charge in [-0.25, -0.2) is 0 Å². The summed E-state index contributed by atoms with van der Waals surface area (Å²) in [5.41, 5.74) is 2.30. The SMILES string of the molecule is O=C(Cc1ccc(N2CCCC2=O)cc1)Oc1cccc(NC(=O)C2CC2)c1. The van der Waals surface area contributed by atoms with Crippen LogP contribution in [0.2, 0.25) is 0 Å². The molecule has 1 heterocycles. The topological polar surface area (TPSA) is 75.7 Å². The van der Waals surface area contributed by atoms with Gasteiger partial charge in [-0.15, -0.1) is 0 Å². The molecule has 4 rings (SSSR count). The number of carbonyl (C=O) groups is 3. The Hall–Kier alpha value is -3.15. The number of hydrogen-bond acceptors (Lipinski definition) is 4. The van der Waals surface area contributed by atoms with E-state index < -0.39 is 0 Å². The first-order valence-corrected chi connectivity index (χ1v) is 9.59. The van der Waals surface area contributed by atoms with Crippen LogP contribution in [-0.4, -0.2) is 24.3 Å². The number of nitrogens with one attached hydrogen (secondary N) is 1. The molecule has 0 spiro atoms. The normalized spacial score (nSPS) is 16.1. The minimum absolute atomic E-state index is 0.0139. The molecule has 1 N–H and O–H groups in total. The van der Waals surface area contributed by atoms with Crippen molar-refractivity contribution in [2.75, 3.05) is 16.8 Å². The van der Waals surface area contributed by atoms with Crippen LogP contribution in [0.25, 0.3) is 0 Å². The van der Waals surface area contributed by atoms with Crippen molar-refractivity contribution in [1.29, 1.82) is 0 Å². The van der Waals surface area contributed by atoms with E-state index in [0.717, 1.165) is 37.1 Å². The maximum absolute atomic E-state index is 12.3. The van der Waals surface area contributed by atoms with Crippen LogP contribution in [0, 0.1) is 5.92 Å². The quantitative estimate of drug-likeness (QED) is 0.618. The van der Waals surface area contributed by atoms with Gasteiger partial charge in [0.1, 0.15) is 5.75 Å². The van der Waals surface area contributed by atoms with E-state index >= 15 is 0 Å². The van der Waals surface area contributed by atoms with Crippen molar-refractivity contribution in [3.8, 4) is 5.75 Å². The highest BCUT2D eigenvalue weighted by Crippen LogP contribution is 2.30. The standard InChI is InChI=1S/C22H22N2O4/c25-20-5-2-12-24(20)18-10-6-15(7-11-18)13-21(26)28-19-4-1-3-17(14-19)23-22(27)16-8-9-16/h1,3-4,6-7,10-11,14,16H,2,5,8-9,12-13H2,(H,23,27). The lowest BCUT2D eigenvalue weighted by Crippen LogP contribution is -2.23. The monoisotopic (exact) mass is 378 g/mol. The summed E-state index contributed by atoms with van der Waals surface area (Å²) in [5, 5.41) is 2.84. The zero-order valence-corrected chi connectivity index (χ0v) is 15.5. The van der Waals surface area contributed by atoms with E-state index in [2.05, 4.69) is 5.32 Å². The summed E-state index contributed by atoms with van der Waals surface area (Å²) in [6.45, 7) is 0.744. The van der Waals surface area contributed by atoms with Crippen molar-refractivity contribution in [3.05, 3.63) is 54.1 Å². The molecule has 6 heteroatoms. The fraction of sp³-hybridized carbons (Fsp3) is 0.318. The van der Waals surface area contributed by atoms with Crippen molar-refractivity contribution in [2.45, 2.75) is 32.1 Å². The summed E-state index contributed by atoms with van der Waals surface area (Å²) in [4.78, 5) is 37.7. The number of rotatable bonds is 6. The van der Waals surface area contributed by atoms with E-state index in [1.54, 1.807) is 29.2 Å². The van der Waals surface area contributed by atoms with Gasteiger partial charge in [-0.3, -0.25) is 14.4 Å². The number of ether oxygens (including phenoxy) is 1. The fourth-order valence-corrected chi connectivity index (χ4v) is 3.28. The molecule has 2 fully saturated rings. The third-order valence-corrected chi connectivity index (χ3v) is 4.95. The Kier molecular flexibility index (Phi) is 5.10. The molecular formula is C22H22N2O4. The first kappa shape index (κ1) is 18.2. The Labute approximate surface area is 163 Å². The summed E-state index contributed by atoms with van der Waals surface area (Å²) >= 11 is 0. The molecule has 0 atom stereocenters. The number of hydrogen-bond donors (Lipinski definition) is 1. The molecule has 1 aliphatic heterocycles. The fourth-order valence-electron chi connectivity index (χ4n) is 3.28.